The van der Waals surface area contributed by atoms with Gasteiger partial charge in [-0.15, -0.1) is 0 Å². The molecular weight excluding hydrogens is 430 g/mol. The molecule has 0 aliphatic rings. The molecule has 1 aromatic carbocycles. The summed E-state index contributed by atoms with van der Waals surface area (Å²) in [5.74, 6) is 1.03. The molecule has 3 aromatic rings. The molecule has 1 amide bonds. The van der Waals surface area contributed by atoms with E-state index in [9.17, 15) is 14.7 Å². The lowest BCUT2D eigenvalue weighted by Gasteiger charge is -2.19. The van der Waals surface area contributed by atoms with Gasteiger partial charge >= 0.3 is 0 Å². The average Bonchev–Trinajstić information content (AvgIpc) is 2.82. The smallest absolute Gasteiger partial charge is 0.256 e. The van der Waals surface area contributed by atoms with Gasteiger partial charge in [0.05, 0.1) is 17.5 Å². The van der Waals surface area contributed by atoms with Crippen LogP contribution in [0.4, 0.5) is 0 Å². The number of carbonyl (C=O) groups is 1. The van der Waals surface area contributed by atoms with Crippen molar-refractivity contribution in [2.75, 3.05) is 13.6 Å². The Morgan fingerprint density at radius 3 is 2.71 bits per heavy atom. The third kappa shape index (κ3) is 5.54. The van der Waals surface area contributed by atoms with Crippen molar-refractivity contribution in [3.8, 4) is 11.5 Å². The Kier molecular flexibility index (Phi) is 7.89. The van der Waals surface area contributed by atoms with Gasteiger partial charge in [0.2, 0.25) is 5.91 Å². The van der Waals surface area contributed by atoms with E-state index in [1.807, 2.05) is 51.1 Å². The Morgan fingerprint density at radius 1 is 1.29 bits per heavy atom. The number of H-pyrrole nitrogens is 1. The maximum atomic E-state index is 12.7. The van der Waals surface area contributed by atoms with Crippen molar-refractivity contribution in [3.63, 3.8) is 0 Å². The SMILES string of the molecule is C/C=C(\CN(C)C(=O)/C=C/c1cnc2[nH]c(=O)c(C(C)C)c(O)c2c1)Oc1ccccc1CC. The van der Waals surface area contributed by atoms with Crippen LogP contribution in [0.2, 0.25) is 0 Å². The maximum Gasteiger partial charge on any atom is 0.256 e. The van der Waals surface area contributed by atoms with Crippen LogP contribution in [0.3, 0.4) is 0 Å². The van der Waals surface area contributed by atoms with E-state index in [1.54, 1.807) is 30.3 Å². The summed E-state index contributed by atoms with van der Waals surface area (Å²) in [5.41, 5.74) is 2.00. The molecular formula is C27H31N3O4. The summed E-state index contributed by atoms with van der Waals surface area (Å²) >= 11 is 0. The van der Waals surface area contributed by atoms with Crippen molar-refractivity contribution in [2.45, 2.75) is 40.0 Å². The van der Waals surface area contributed by atoms with Crippen LogP contribution < -0.4 is 10.3 Å². The molecule has 0 aliphatic carbocycles. The van der Waals surface area contributed by atoms with Gasteiger partial charge in [-0.1, -0.05) is 39.0 Å². The molecule has 0 radical (unpaired) electrons. The molecule has 178 valence electrons. The number of pyridine rings is 2. The molecule has 0 saturated carbocycles. The molecule has 0 bridgehead atoms. The van der Waals surface area contributed by atoms with Crippen molar-refractivity contribution in [3.05, 3.63) is 81.5 Å². The predicted molar refractivity (Wildman–Crippen MR) is 135 cm³/mol. The molecule has 7 heteroatoms. The molecule has 2 aromatic heterocycles. The Balaban J connectivity index is 1.74. The van der Waals surface area contributed by atoms with Crippen LogP contribution in [0, 0.1) is 0 Å². The molecule has 0 fully saturated rings. The van der Waals surface area contributed by atoms with Gasteiger partial charge in [-0.3, -0.25) is 9.59 Å². The number of para-hydroxylation sites is 1. The lowest BCUT2D eigenvalue weighted by molar-refractivity contribution is -0.124. The van der Waals surface area contributed by atoms with Crippen molar-refractivity contribution in [1.29, 1.82) is 0 Å². The number of amides is 1. The molecule has 2 N–H and O–H groups in total. The number of aryl methyl sites for hydroxylation is 1. The summed E-state index contributed by atoms with van der Waals surface area (Å²) < 4.78 is 6.05. The van der Waals surface area contributed by atoms with Crippen molar-refractivity contribution in [2.24, 2.45) is 0 Å². The molecule has 2 heterocycles. The van der Waals surface area contributed by atoms with Gasteiger partial charge in [0, 0.05) is 19.3 Å². The number of hydrogen-bond acceptors (Lipinski definition) is 5. The van der Waals surface area contributed by atoms with Gasteiger partial charge in [0.25, 0.3) is 5.56 Å². The van der Waals surface area contributed by atoms with E-state index in [4.69, 9.17) is 4.74 Å². The maximum absolute atomic E-state index is 12.7. The van der Waals surface area contributed by atoms with E-state index < -0.39 is 0 Å². The van der Waals surface area contributed by atoms with Crippen LogP contribution in [0.25, 0.3) is 17.1 Å². The monoisotopic (exact) mass is 461 g/mol. The number of aromatic amines is 1. The number of likely N-dealkylation sites (N-methyl/N-ethyl adjacent to an activating group) is 1. The zero-order valence-electron chi connectivity index (χ0n) is 20.3. The summed E-state index contributed by atoms with van der Waals surface area (Å²) in [6.07, 6.45) is 7.32. The third-order valence-electron chi connectivity index (χ3n) is 5.58. The Labute approximate surface area is 199 Å². The number of nitrogens with one attached hydrogen (secondary N) is 1. The third-order valence-corrected chi connectivity index (χ3v) is 5.58. The fraction of sp³-hybridized carbons (Fsp3) is 0.296. The standard InChI is InChI=1S/C27H31N3O4/c1-6-19-10-8-9-11-22(19)34-20(7-2)16-30(5)23(31)13-12-18-14-21-25(32)24(17(3)4)27(33)29-26(21)28-15-18/h7-15,17H,6,16H2,1-5H3,(H2,28,29,32,33)/b13-12+,20-7+. The second kappa shape index (κ2) is 10.8. The van der Waals surface area contributed by atoms with Gasteiger partial charge in [0.15, 0.2) is 0 Å². The summed E-state index contributed by atoms with van der Waals surface area (Å²) in [6, 6.07) is 9.55. The second-order valence-corrected chi connectivity index (χ2v) is 8.38. The average molecular weight is 462 g/mol. The molecule has 0 atom stereocenters. The summed E-state index contributed by atoms with van der Waals surface area (Å²) in [7, 11) is 1.70. The quantitative estimate of drug-likeness (QED) is 0.372. The highest BCUT2D eigenvalue weighted by Crippen LogP contribution is 2.29. The first kappa shape index (κ1) is 24.8. The Hall–Kier alpha value is -3.87. The molecule has 0 spiro atoms. The number of aromatic nitrogens is 2. The minimum Gasteiger partial charge on any atom is -0.507 e. The van der Waals surface area contributed by atoms with E-state index in [0.29, 0.717) is 34.5 Å². The van der Waals surface area contributed by atoms with Gasteiger partial charge in [-0.05, 0) is 54.7 Å². The van der Waals surface area contributed by atoms with Gasteiger partial charge < -0.3 is 19.7 Å². The lowest BCUT2D eigenvalue weighted by Crippen LogP contribution is -2.28. The van der Waals surface area contributed by atoms with E-state index in [2.05, 4.69) is 16.9 Å². The van der Waals surface area contributed by atoms with E-state index in [-0.39, 0.29) is 23.1 Å². The Morgan fingerprint density at radius 2 is 2.03 bits per heavy atom. The number of ether oxygens (including phenoxy) is 1. The topological polar surface area (TPSA) is 95.5 Å². The van der Waals surface area contributed by atoms with Gasteiger partial charge in [-0.25, -0.2) is 4.98 Å². The van der Waals surface area contributed by atoms with Crippen LogP contribution in [-0.4, -0.2) is 39.5 Å². The zero-order chi connectivity index (χ0) is 24.8. The first-order chi connectivity index (χ1) is 16.2. The summed E-state index contributed by atoms with van der Waals surface area (Å²) in [4.78, 5) is 33.4. The number of carbonyl (C=O) groups excluding carboxylic acids is 1. The first-order valence-electron chi connectivity index (χ1n) is 11.3. The van der Waals surface area contributed by atoms with Crippen LogP contribution in [0.5, 0.6) is 11.5 Å². The second-order valence-electron chi connectivity index (χ2n) is 8.38. The van der Waals surface area contributed by atoms with E-state index in [1.165, 1.54) is 6.08 Å². The van der Waals surface area contributed by atoms with Crippen LogP contribution in [-0.2, 0) is 11.2 Å². The van der Waals surface area contributed by atoms with Crippen molar-refractivity contribution in [1.82, 2.24) is 14.9 Å². The minimum atomic E-state index is -0.351. The fourth-order valence-corrected chi connectivity index (χ4v) is 3.64. The lowest BCUT2D eigenvalue weighted by atomic mass is 10.0. The molecule has 0 unspecified atom stereocenters. The normalized spacial score (nSPS) is 12.0. The number of aromatic hydroxyl groups is 1. The molecule has 0 saturated heterocycles. The number of rotatable bonds is 8. The summed E-state index contributed by atoms with van der Waals surface area (Å²) in [5, 5.41) is 11.0. The highest BCUT2D eigenvalue weighted by atomic mass is 16.5. The zero-order valence-corrected chi connectivity index (χ0v) is 20.3. The number of benzene rings is 1. The molecule has 34 heavy (non-hydrogen) atoms. The van der Waals surface area contributed by atoms with E-state index >= 15 is 0 Å². The first-order valence-corrected chi connectivity index (χ1v) is 11.3. The minimum absolute atomic E-state index is 0.0813. The van der Waals surface area contributed by atoms with Crippen LogP contribution >= 0.6 is 0 Å². The summed E-state index contributed by atoms with van der Waals surface area (Å²) in [6.45, 7) is 7.94. The van der Waals surface area contributed by atoms with Crippen molar-refractivity contribution < 1.29 is 14.6 Å². The highest BCUT2D eigenvalue weighted by Gasteiger charge is 2.16. The predicted octanol–water partition coefficient (Wildman–Crippen LogP) is 4.77. The molecule has 0 aliphatic heterocycles. The fourth-order valence-electron chi connectivity index (χ4n) is 3.64. The number of nitrogens with zero attached hydrogens (tertiary/aromatic N) is 2. The number of allylic oxidation sites excluding steroid dienone is 1. The van der Waals surface area contributed by atoms with Gasteiger partial charge in [-0.2, -0.15) is 0 Å². The van der Waals surface area contributed by atoms with Crippen LogP contribution in [0.15, 0.2) is 59.2 Å². The largest absolute Gasteiger partial charge is 0.507 e. The number of fused-ring (bicyclic) bond motifs is 1. The van der Waals surface area contributed by atoms with Crippen molar-refractivity contribution >= 4 is 23.0 Å². The van der Waals surface area contributed by atoms with Gasteiger partial charge in [0.1, 0.15) is 22.9 Å². The van der Waals surface area contributed by atoms with E-state index in [0.717, 1.165) is 17.7 Å². The highest BCUT2D eigenvalue weighted by molar-refractivity contribution is 5.92. The molecule has 3 rings (SSSR count). The Bertz CT molecular complexity index is 1300. The van der Waals surface area contributed by atoms with Crippen LogP contribution in [0.1, 0.15) is 50.3 Å². The number of hydrogen-bond donors (Lipinski definition) is 2. The molecule has 7 nitrogen and oxygen atoms in total.